The van der Waals surface area contributed by atoms with Crippen LogP contribution < -0.4 is 4.90 Å². The van der Waals surface area contributed by atoms with Crippen LogP contribution in [0.1, 0.15) is 76.5 Å². The number of anilines is 1. The number of amides is 1. The highest BCUT2D eigenvalue weighted by Crippen LogP contribution is 2.52. The van der Waals surface area contributed by atoms with E-state index in [1.165, 1.54) is 12.5 Å². The van der Waals surface area contributed by atoms with Gasteiger partial charge in [-0.3, -0.25) is 4.79 Å². The van der Waals surface area contributed by atoms with Crippen LogP contribution >= 0.6 is 0 Å². The zero-order chi connectivity index (χ0) is 23.9. The maximum absolute atomic E-state index is 14.3. The van der Waals surface area contributed by atoms with E-state index in [1.54, 1.807) is 12.1 Å². The van der Waals surface area contributed by atoms with E-state index in [-0.39, 0.29) is 22.8 Å². The van der Waals surface area contributed by atoms with Gasteiger partial charge in [-0.1, -0.05) is 70.4 Å². The predicted octanol–water partition coefficient (Wildman–Crippen LogP) is 7.53. The number of hydrogen-bond acceptors (Lipinski definition) is 2. The number of nitrogens with zero attached hydrogens (tertiary/aromatic N) is 1. The molecule has 2 aliphatic rings. The number of para-hydroxylation sites is 1. The second kappa shape index (κ2) is 8.99. The summed E-state index contributed by atoms with van der Waals surface area (Å²) in [7, 11) is -1.93. The minimum Gasteiger partial charge on any atom is -0.417 e. The van der Waals surface area contributed by atoms with Gasteiger partial charge in [0.2, 0.25) is 5.91 Å². The molecule has 1 amide bonds. The molecule has 1 heterocycles. The molecular weight excluding hydrogens is 429 g/mol. The van der Waals surface area contributed by atoms with Gasteiger partial charge >= 0.3 is 0 Å². The van der Waals surface area contributed by atoms with Crippen molar-refractivity contribution in [2.24, 2.45) is 0 Å². The van der Waals surface area contributed by atoms with Crippen LogP contribution in [0.3, 0.4) is 0 Å². The Bertz CT molecular complexity index is 1010. The van der Waals surface area contributed by atoms with E-state index in [4.69, 9.17) is 4.43 Å². The molecule has 2 aromatic rings. The van der Waals surface area contributed by atoms with Gasteiger partial charge in [0.1, 0.15) is 5.82 Å². The van der Waals surface area contributed by atoms with E-state index >= 15 is 0 Å². The zero-order valence-electron chi connectivity index (χ0n) is 20.8. The molecule has 3 nitrogen and oxygen atoms in total. The van der Waals surface area contributed by atoms with Gasteiger partial charge in [-0.05, 0) is 66.7 Å². The first kappa shape index (κ1) is 24.2. The first-order valence-electron chi connectivity index (χ1n) is 12.4. The summed E-state index contributed by atoms with van der Waals surface area (Å²) < 4.78 is 20.8. The highest BCUT2D eigenvalue weighted by molar-refractivity contribution is 6.74. The molecule has 0 unspecified atom stereocenters. The molecule has 5 heteroatoms. The van der Waals surface area contributed by atoms with Gasteiger partial charge in [0.15, 0.2) is 8.32 Å². The van der Waals surface area contributed by atoms with E-state index in [0.29, 0.717) is 13.0 Å². The number of hydrogen-bond donors (Lipinski definition) is 0. The zero-order valence-corrected chi connectivity index (χ0v) is 21.8. The maximum Gasteiger partial charge on any atom is 0.238 e. The van der Waals surface area contributed by atoms with Crippen molar-refractivity contribution in [2.75, 3.05) is 11.5 Å². The third kappa shape index (κ3) is 4.42. The molecular formula is C28H38FNO2Si. The van der Waals surface area contributed by atoms with Crippen LogP contribution in [0.25, 0.3) is 0 Å². The monoisotopic (exact) mass is 467 g/mol. The maximum atomic E-state index is 14.3. The van der Waals surface area contributed by atoms with E-state index < -0.39 is 13.7 Å². The second-order valence-electron chi connectivity index (χ2n) is 11.3. The first-order valence-corrected chi connectivity index (χ1v) is 15.3. The largest absolute Gasteiger partial charge is 0.417 e. The lowest BCUT2D eigenvalue weighted by atomic mass is 9.70. The fraction of sp³-hybridized carbons (Fsp3) is 0.536. The molecule has 0 bridgehead atoms. The minimum atomic E-state index is -1.93. The van der Waals surface area contributed by atoms with Crippen LogP contribution in [-0.4, -0.2) is 20.8 Å². The third-order valence-electron chi connectivity index (χ3n) is 8.22. The lowest BCUT2D eigenvalue weighted by Gasteiger charge is -2.38. The van der Waals surface area contributed by atoms with Crippen molar-refractivity contribution in [1.29, 1.82) is 0 Å². The molecule has 0 N–H and O–H groups in total. The number of benzene rings is 2. The van der Waals surface area contributed by atoms with Gasteiger partial charge in [0.25, 0.3) is 0 Å². The highest BCUT2D eigenvalue weighted by atomic mass is 28.4. The molecule has 178 valence electrons. The summed E-state index contributed by atoms with van der Waals surface area (Å²) in [5.41, 5.74) is 2.55. The summed E-state index contributed by atoms with van der Waals surface area (Å²) in [6, 6.07) is 14.7. The molecule has 1 aliphatic heterocycles. The number of fused-ring (bicyclic) bond motifs is 2. The van der Waals surface area contributed by atoms with E-state index in [0.717, 1.165) is 42.5 Å². The number of carbonyl (C=O) groups excluding carboxylic acids is 1. The Balaban J connectivity index is 1.71. The van der Waals surface area contributed by atoms with Gasteiger partial charge in [-0.15, -0.1) is 0 Å². The SMILES string of the molecule is CC(C)(C)[Si](C)(C)OCC[C@H](c1cccc(F)c1)N1C(=O)C2(CCCCC2)c2ccccc21. The molecule has 0 saturated heterocycles. The first-order chi connectivity index (χ1) is 15.6. The average molecular weight is 468 g/mol. The Labute approximate surface area is 199 Å². The van der Waals surface area contributed by atoms with Crippen LogP contribution in [0.2, 0.25) is 18.1 Å². The number of rotatable bonds is 6. The Morgan fingerprint density at radius 1 is 1.06 bits per heavy atom. The van der Waals surface area contributed by atoms with Gasteiger partial charge in [-0.2, -0.15) is 0 Å². The fourth-order valence-electron chi connectivity index (χ4n) is 5.29. The molecule has 0 radical (unpaired) electrons. The molecule has 1 spiro atoms. The Kier molecular flexibility index (Phi) is 6.58. The normalized spacial score (nSPS) is 19.1. The lowest BCUT2D eigenvalue weighted by Crippen LogP contribution is -2.44. The van der Waals surface area contributed by atoms with Crippen LogP contribution in [0, 0.1) is 5.82 Å². The smallest absolute Gasteiger partial charge is 0.238 e. The Morgan fingerprint density at radius 2 is 1.76 bits per heavy atom. The Morgan fingerprint density at radius 3 is 2.42 bits per heavy atom. The van der Waals surface area contributed by atoms with Crippen molar-refractivity contribution in [2.45, 2.75) is 88.9 Å². The summed E-state index contributed by atoms with van der Waals surface area (Å²) in [6.07, 6.45) is 5.78. The topological polar surface area (TPSA) is 29.5 Å². The van der Waals surface area contributed by atoms with Crippen molar-refractivity contribution in [3.8, 4) is 0 Å². The van der Waals surface area contributed by atoms with Crippen LogP contribution in [0.4, 0.5) is 10.1 Å². The minimum absolute atomic E-state index is 0.115. The summed E-state index contributed by atoms with van der Waals surface area (Å²) in [6.45, 7) is 11.7. The summed E-state index contributed by atoms with van der Waals surface area (Å²) in [5.74, 6) is -0.0832. The molecule has 2 aromatic carbocycles. The van der Waals surface area contributed by atoms with Crippen molar-refractivity contribution >= 4 is 19.9 Å². The average Bonchev–Trinajstić information content (AvgIpc) is 2.99. The van der Waals surface area contributed by atoms with Crippen molar-refractivity contribution < 1.29 is 13.6 Å². The summed E-state index contributed by atoms with van der Waals surface area (Å²) in [5, 5.41) is 0.115. The predicted molar refractivity (Wildman–Crippen MR) is 136 cm³/mol. The Hall–Kier alpha value is -1.98. The van der Waals surface area contributed by atoms with Crippen LogP contribution in [0.5, 0.6) is 0 Å². The van der Waals surface area contributed by atoms with Gasteiger partial charge < -0.3 is 9.33 Å². The molecule has 33 heavy (non-hydrogen) atoms. The highest BCUT2D eigenvalue weighted by Gasteiger charge is 2.52. The second-order valence-corrected chi connectivity index (χ2v) is 16.1. The fourth-order valence-corrected chi connectivity index (χ4v) is 6.35. The van der Waals surface area contributed by atoms with Crippen molar-refractivity contribution in [3.05, 3.63) is 65.5 Å². The van der Waals surface area contributed by atoms with E-state index in [1.807, 2.05) is 23.1 Å². The van der Waals surface area contributed by atoms with Crippen LogP contribution in [-0.2, 0) is 14.6 Å². The van der Waals surface area contributed by atoms with Crippen molar-refractivity contribution in [1.82, 2.24) is 0 Å². The molecule has 1 aliphatic carbocycles. The summed E-state index contributed by atoms with van der Waals surface area (Å²) >= 11 is 0. The number of carbonyl (C=O) groups is 1. The molecule has 1 saturated carbocycles. The van der Waals surface area contributed by atoms with Gasteiger partial charge in [0.05, 0.1) is 11.5 Å². The molecule has 0 aromatic heterocycles. The standard InChI is InChI=1S/C28H38FNO2Si/c1-27(2,3)33(4,5)32-19-16-24(21-12-11-13-22(29)20-21)30-25-15-8-7-14-23(25)28(26(30)31)17-9-6-10-18-28/h7-8,11-15,20,24H,6,9-10,16-19H2,1-5H3/t24-/m1/s1. The summed E-state index contributed by atoms with van der Waals surface area (Å²) in [4.78, 5) is 16.1. The van der Waals surface area contributed by atoms with Gasteiger partial charge in [0, 0.05) is 12.3 Å². The third-order valence-corrected chi connectivity index (χ3v) is 12.8. The number of halogens is 1. The molecule has 1 fully saturated rings. The lowest BCUT2D eigenvalue weighted by molar-refractivity contribution is -0.124. The molecule has 4 rings (SSSR count). The van der Waals surface area contributed by atoms with E-state index in [9.17, 15) is 9.18 Å². The van der Waals surface area contributed by atoms with E-state index in [2.05, 4.69) is 46.0 Å². The van der Waals surface area contributed by atoms with Crippen molar-refractivity contribution in [3.63, 3.8) is 0 Å². The van der Waals surface area contributed by atoms with Gasteiger partial charge in [-0.25, -0.2) is 4.39 Å². The molecule has 1 atom stereocenters. The van der Waals surface area contributed by atoms with Crippen LogP contribution in [0.15, 0.2) is 48.5 Å². The quantitative estimate of drug-likeness (QED) is 0.411.